The Morgan fingerprint density at radius 3 is 2.83 bits per heavy atom. The summed E-state index contributed by atoms with van der Waals surface area (Å²) < 4.78 is 3.81. The van der Waals surface area contributed by atoms with E-state index < -0.39 is 0 Å². The van der Waals surface area contributed by atoms with Crippen LogP contribution in [-0.4, -0.2) is 49.8 Å². The number of imidazole rings is 1. The van der Waals surface area contributed by atoms with Gasteiger partial charge in [-0.1, -0.05) is 0 Å². The molecule has 1 atom stereocenters. The third-order valence-electron chi connectivity index (χ3n) is 5.46. The summed E-state index contributed by atoms with van der Waals surface area (Å²) >= 11 is 0. The lowest BCUT2D eigenvalue weighted by Crippen LogP contribution is -2.47. The van der Waals surface area contributed by atoms with Crippen molar-refractivity contribution in [3.63, 3.8) is 0 Å². The Kier molecular flexibility index (Phi) is 3.68. The molecule has 128 valence electrons. The van der Waals surface area contributed by atoms with Crippen LogP contribution in [0, 0.1) is 5.41 Å². The van der Waals surface area contributed by atoms with E-state index in [0.717, 1.165) is 57.0 Å². The highest BCUT2D eigenvalue weighted by atomic mass is 16.2. The van der Waals surface area contributed by atoms with Crippen LogP contribution in [-0.2, 0) is 25.4 Å². The fourth-order valence-electron chi connectivity index (χ4n) is 4.10. The summed E-state index contributed by atoms with van der Waals surface area (Å²) in [5.74, 6) is 1.32. The van der Waals surface area contributed by atoms with Gasteiger partial charge in [0.25, 0.3) is 0 Å². The van der Waals surface area contributed by atoms with Crippen LogP contribution >= 0.6 is 0 Å². The molecule has 2 saturated heterocycles. The average Bonchev–Trinajstić information content (AvgIpc) is 3.24. The van der Waals surface area contributed by atoms with Gasteiger partial charge in [-0.15, -0.1) is 0 Å². The van der Waals surface area contributed by atoms with E-state index in [0.29, 0.717) is 0 Å². The zero-order chi connectivity index (χ0) is 16.7. The van der Waals surface area contributed by atoms with E-state index in [1.807, 2.05) is 37.6 Å². The number of piperidine rings is 1. The van der Waals surface area contributed by atoms with Crippen LogP contribution in [0.3, 0.4) is 0 Å². The van der Waals surface area contributed by atoms with Crippen LogP contribution in [0.2, 0.25) is 0 Å². The lowest BCUT2D eigenvalue weighted by molar-refractivity contribution is -0.128. The van der Waals surface area contributed by atoms with Gasteiger partial charge in [-0.05, 0) is 25.8 Å². The number of carbonyl (C=O) groups is 1. The van der Waals surface area contributed by atoms with Gasteiger partial charge in [0.15, 0.2) is 0 Å². The normalized spacial score (nSPS) is 25.1. The van der Waals surface area contributed by atoms with Crippen LogP contribution in [0.5, 0.6) is 0 Å². The zero-order valence-corrected chi connectivity index (χ0v) is 14.4. The number of anilines is 1. The van der Waals surface area contributed by atoms with Gasteiger partial charge >= 0.3 is 0 Å². The standard InChI is InChI=1S/C17H24N6O/c1-20-9-6-18-15(20)12-22-7-3-4-17(13-22)5-8-23(16(17)24)14-10-19-21(2)11-14/h6,9-11H,3-5,7-8,12-13H2,1-2H3/t17-/m1/s1. The lowest BCUT2D eigenvalue weighted by Gasteiger charge is -2.38. The quantitative estimate of drug-likeness (QED) is 0.849. The van der Waals surface area contributed by atoms with Crippen LogP contribution in [0.25, 0.3) is 0 Å². The van der Waals surface area contributed by atoms with E-state index in [1.54, 1.807) is 10.9 Å². The molecule has 2 aliphatic rings. The van der Waals surface area contributed by atoms with Crippen molar-refractivity contribution < 1.29 is 4.79 Å². The molecule has 0 N–H and O–H groups in total. The number of carbonyl (C=O) groups excluding carboxylic acids is 1. The van der Waals surface area contributed by atoms with Gasteiger partial charge in [-0.2, -0.15) is 5.10 Å². The fraction of sp³-hybridized carbons (Fsp3) is 0.588. The van der Waals surface area contributed by atoms with Crippen LogP contribution in [0.1, 0.15) is 25.1 Å². The Bertz CT molecular complexity index is 750. The molecule has 0 aromatic carbocycles. The third-order valence-corrected chi connectivity index (χ3v) is 5.46. The molecule has 0 radical (unpaired) electrons. The number of aryl methyl sites for hydroxylation is 2. The van der Waals surface area contributed by atoms with E-state index in [4.69, 9.17) is 0 Å². The average molecular weight is 328 g/mol. The summed E-state index contributed by atoms with van der Waals surface area (Å²) in [4.78, 5) is 21.9. The lowest BCUT2D eigenvalue weighted by atomic mass is 9.78. The molecule has 1 amide bonds. The van der Waals surface area contributed by atoms with Gasteiger partial charge < -0.3 is 9.47 Å². The number of hydrogen-bond donors (Lipinski definition) is 0. The second kappa shape index (κ2) is 5.73. The molecule has 0 aliphatic carbocycles. The van der Waals surface area contributed by atoms with Gasteiger partial charge in [-0.3, -0.25) is 14.4 Å². The van der Waals surface area contributed by atoms with Crippen molar-refractivity contribution in [2.45, 2.75) is 25.8 Å². The molecule has 2 aromatic rings. The molecule has 2 aliphatic heterocycles. The van der Waals surface area contributed by atoms with E-state index in [2.05, 4.69) is 19.5 Å². The fourth-order valence-corrected chi connectivity index (χ4v) is 4.10. The van der Waals surface area contributed by atoms with Crippen molar-refractivity contribution in [2.24, 2.45) is 19.5 Å². The highest BCUT2D eigenvalue weighted by Crippen LogP contribution is 2.41. The van der Waals surface area contributed by atoms with Crippen molar-refractivity contribution in [1.29, 1.82) is 0 Å². The molecule has 2 fully saturated rings. The third kappa shape index (κ3) is 2.53. The minimum atomic E-state index is -0.237. The van der Waals surface area contributed by atoms with E-state index in [1.165, 1.54) is 0 Å². The highest BCUT2D eigenvalue weighted by molar-refractivity contribution is 6.00. The van der Waals surface area contributed by atoms with Gasteiger partial charge in [0.1, 0.15) is 5.82 Å². The van der Waals surface area contributed by atoms with Gasteiger partial charge in [-0.25, -0.2) is 4.98 Å². The number of amides is 1. The van der Waals surface area contributed by atoms with E-state index >= 15 is 0 Å². The molecule has 24 heavy (non-hydrogen) atoms. The Morgan fingerprint density at radius 2 is 2.12 bits per heavy atom. The molecule has 1 spiro atoms. The first-order chi connectivity index (χ1) is 11.6. The summed E-state index contributed by atoms with van der Waals surface area (Å²) in [6.45, 7) is 3.47. The molecule has 0 saturated carbocycles. The van der Waals surface area contributed by atoms with Crippen LogP contribution < -0.4 is 4.90 Å². The number of rotatable bonds is 3. The second-order valence-corrected chi connectivity index (χ2v) is 7.13. The molecule has 7 heteroatoms. The predicted octanol–water partition coefficient (Wildman–Crippen LogP) is 1.17. The number of aromatic nitrogens is 4. The highest BCUT2D eigenvalue weighted by Gasteiger charge is 2.49. The SMILES string of the molecule is Cn1cc(N2CC[C@@]3(CCCN(Cc4nccn4C)C3)C2=O)cn1. The summed E-state index contributed by atoms with van der Waals surface area (Å²) in [5, 5.41) is 4.21. The molecule has 0 bridgehead atoms. The largest absolute Gasteiger partial charge is 0.337 e. The topological polar surface area (TPSA) is 59.2 Å². The molecular weight excluding hydrogens is 304 g/mol. The van der Waals surface area contributed by atoms with Crippen molar-refractivity contribution in [2.75, 3.05) is 24.5 Å². The summed E-state index contributed by atoms with van der Waals surface area (Å²) in [7, 11) is 3.90. The van der Waals surface area contributed by atoms with Crippen molar-refractivity contribution in [3.05, 3.63) is 30.6 Å². The van der Waals surface area contributed by atoms with E-state index in [9.17, 15) is 4.79 Å². The molecule has 4 heterocycles. The molecular formula is C17H24N6O. The maximum Gasteiger partial charge on any atom is 0.234 e. The maximum atomic E-state index is 13.1. The molecule has 4 rings (SSSR count). The minimum absolute atomic E-state index is 0.237. The Balaban J connectivity index is 1.50. The Hall–Kier alpha value is -2.15. The van der Waals surface area contributed by atoms with Crippen molar-refractivity contribution in [1.82, 2.24) is 24.2 Å². The van der Waals surface area contributed by atoms with Gasteiger partial charge in [0.2, 0.25) is 5.91 Å². The summed E-state index contributed by atoms with van der Waals surface area (Å²) in [6, 6.07) is 0. The maximum absolute atomic E-state index is 13.1. The minimum Gasteiger partial charge on any atom is -0.337 e. The first kappa shape index (κ1) is 15.4. The number of nitrogens with zero attached hydrogens (tertiary/aromatic N) is 6. The second-order valence-electron chi connectivity index (χ2n) is 7.13. The van der Waals surface area contributed by atoms with Crippen molar-refractivity contribution in [3.8, 4) is 0 Å². The summed E-state index contributed by atoms with van der Waals surface area (Å²) in [6.07, 6.45) is 10.5. The number of likely N-dealkylation sites (tertiary alicyclic amines) is 1. The van der Waals surface area contributed by atoms with Gasteiger partial charge in [0.05, 0.1) is 23.8 Å². The van der Waals surface area contributed by atoms with Gasteiger partial charge in [0, 0.05) is 45.8 Å². The zero-order valence-electron chi connectivity index (χ0n) is 14.4. The Labute approximate surface area is 141 Å². The predicted molar refractivity (Wildman–Crippen MR) is 90.3 cm³/mol. The van der Waals surface area contributed by atoms with E-state index in [-0.39, 0.29) is 11.3 Å². The molecule has 0 unspecified atom stereocenters. The van der Waals surface area contributed by atoms with Crippen molar-refractivity contribution >= 4 is 11.6 Å². The summed E-state index contributed by atoms with van der Waals surface area (Å²) in [5.41, 5.74) is 0.680. The first-order valence-corrected chi connectivity index (χ1v) is 8.57. The Morgan fingerprint density at radius 1 is 1.25 bits per heavy atom. The first-order valence-electron chi connectivity index (χ1n) is 8.57. The molecule has 2 aromatic heterocycles. The monoisotopic (exact) mass is 328 g/mol. The van der Waals surface area contributed by atoms with Crippen LogP contribution in [0.4, 0.5) is 5.69 Å². The molecule has 7 nitrogen and oxygen atoms in total. The number of hydrogen-bond acceptors (Lipinski definition) is 4. The van der Waals surface area contributed by atoms with Crippen LogP contribution in [0.15, 0.2) is 24.8 Å². The smallest absolute Gasteiger partial charge is 0.234 e.